The monoisotopic (exact) mass is 564 g/mol. The Morgan fingerprint density at radius 1 is 1.02 bits per heavy atom. The van der Waals surface area contributed by atoms with Crippen molar-refractivity contribution in [3.63, 3.8) is 0 Å². The van der Waals surface area contributed by atoms with Crippen LogP contribution in [-0.4, -0.2) is 70.5 Å². The molecule has 2 heterocycles. The fourth-order valence-electron chi connectivity index (χ4n) is 4.56. The molecule has 0 radical (unpaired) electrons. The molecule has 41 heavy (non-hydrogen) atoms. The van der Waals surface area contributed by atoms with Gasteiger partial charge < -0.3 is 36.1 Å². The van der Waals surface area contributed by atoms with Crippen molar-refractivity contribution in [2.45, 2.75) is 44.8 Å². The van der Waals surface area contributed by atoms with Gasteiger partial charge in [0.1, 0.15) is 11.2 Å². The van der Waals surface area contributed by atoms with Crippen LogP contribution in [0.1, 0.15) is 49.5 Å². The van der Waals surface area contributed by atoms with Gasteiger partial charge in [-0.3, -0.25) is 4.79 Å². The van der Waals surface area contributed by atoms with Crippen molar-refractivity contribution in [2.24, 2.45) is 0 Å². The summed E-state index contributed by atoms with van der Waals surface area (Å²) in [5, 5.41) is 12.4. The Labute approximate surface area is 238 Å². The number of nitrogens with two attached hydrogens (primary N) is 1. The van der Waals surface area contributed by atoms with Gasteiger partial charge in [-0.15, -0.1) is 9.78 Å². The summed E-state index contributed by atoms with van der Waals surface area (Å²) >= 11 is 0. The number of aromatic nitrogens is 3. The van der Waals surface area contributed by atoms with Gasteiger partial charge in [0.25, 0.3) is 5.91 Å². The molecule has 0 spiro atoms. The van der Waals surface area contributed by atoms with Crippen molar-refractivity contribution in [3.05, 3.63) is 59.7 Å². The van der Waals surface area contributed by atoms with Gasteiger partial charge in [-0.1, -0.05) is 12.1 Å². The van der Waals surface area contributed by atoms with E-state index in [1.165, 1.54) is 0 Å². The van der Waals surface area contributed by atoms with Crippen LogP contribution in [0.2, 0.25) is 0 Å². The molecule has 13 heteroatoms. The molecule has 3 amide bonds. The van der Waals surface area contributed by atoms with Crippen molar-refractivity contribution in [3.8, 4) is 0 Å². The number of methoxy groups -OCH3 is 1. The van der Waals surface area contributed by atoms with E-state index in [1.807, 2.05) is 32.9 Å². The second kappa shape index (κ2) is 11.8. The van der Waals surface area contributed by atoms with E-state index < -0.39 is 17.2 Å². The molecule has 1 atom stereocenters. The molecule has 1 unspecified atom stereocenters. The topological polar surface area (TPSA) is 166 Å². The molecule has 4 rings (SSSR count). The first-order valence-electron chi connectivity index (χ1n) is 13.2. The summed E-state index contributed by atoms with van der Waals surface area (Å²) in [6.07, 6.45) is 1.11. The van der Waals surface area contributed by atoms with E-state index in [-0.39, 0.29) is 23.9 Å². The Balaban J connectivity index is 1.42. The Morgan fingerprint density at radius 3 is 2.29 bits per heavy atom. The zero-order chi connectivity index (χ0) is 29.8. The van der Waals surface area contributed by atoms with Gasteiger partial charge in [0, 0.05) is 37.6 Å². The maximum Gasteiger partial charge on any atom is 0.410 e. The molecule has 5 N–H and O–H groups in total. The molecule has 13 nitrogen and oxygen atoms in total. The van der Waals surface area contributed by atoms with Crippen LogP contribution in [0.4, 0.5) is 32.9 Å². The lowest BCUT2D eigenvalue weighted by Crippen LogP contribution is -2.50. The standard InChI is InChI=1S/C28H36N8O5/c1-27(2,3)41-26(39)35-16-6-15-28(17-35,40-5)19-9-13-21(14-10-19)32-25(38)36-23(29)33-24(34-36)31-20-11-7-18(8-12-20)22(37)30-4/h7-14H,6,15-17H2,1-5H3,(H,30,37)(H,32,38)(H3,29,31,33,34). The van der Waals surface area contributed by atoms with E-state index in [9.17, 15) is 14.4 Å². The smallest absolute Gasteiger partial charge is 0.410 e. The van der Waals surface area contributed by atoms with Crippen LogP contribution >= 0.6 is 0 Å². The minimum atomic E-state index is -0.701. The number of hydrogen-bond acceptors (Lipinski definition) is 9. The van der Waals surface area contributed by atoms with Gasteiger partial charge in [-0.25, -0.2) is 9.59 Å². The van der Waals surface area contributed by atoms with Gasteiger partial charge in [-0.05, 0) is 75.6 Å². The van der Waals surface area contributed by atoms with Crippen molar-refractivity contribution in [2.75, 3.05) is 43.6 Å². The predicted molar refractivity (Wildman–Crippen MR) is 154 cm³/mol. The lowest BCUT2D eigenvalue weighted by Gasteiger charge is -2.42. The minimum absolute atomic E-state index is 0.105. The third-order valence-corrected chi connectivity index (χ3v) is 6.61. The lowest BCUT2D eigenvalue weighted by atomic mass is 9.85. The fraction of sp³-hybridized carbons (Fsp3) is 0.393. The fourth-order valence-corrected chi connectivity index (χ4v) is 4.56. The largest absolute Gasteiger partial charge is 0.444 e. The maximum absolute atomic E-state index is 12.9. The van der Waals surface area contributed by atoms with E-state index in [0.717, 1.165) is 23.1 Å². The summed E-state index contributed by atoms with van der Waals surface area (Å²) in [4.78, 5) is 43.1. The van der Waals surface area contributed by atoms with Gasteiger partial charge in [-0.2, -0.15) is 4.98 Å². The second-order valence-corrected chi connectivity index (χ2v) is 10.7. The summed E-state index contributed by atoms with van der Waals surface area (Å²) in [7, 11) is 3.19. The third-order valence-electron chi connectivity index (χ3n) is 6.61. The zero-order valence-electron chi connectivity index (χ0n) is 23.9. The highest BCUT2D eigenvalue weighted by Gasteiger charge is 2.40. The van der Waals surface area contributed by atoms with Crippen LogP contribution in [0.3, 0.4) is 0 Å². The van der Waals surface area contributed by atoms with Crippen LogP contribution in [0.25, 0.3) is 0 Å². The van der Waals surface area contributed by atoms with Crippen molar-refractivity contribution in [1.82, 2.24) is 25.0 Å². The maximum atomic E-state index is 12.9. The van der Waals surface area contributed by atoms with Crippen LogP contribution in [0.15, 0.2) is 48.5 Å². The molecule has 1 saturated heterocycles. The SMILES string of the molecule is CNC(=O)c1ccc(Nc2nc(N)n(C(=O)Nc3ccc(C4(OC)CCCN(C(=O)OC(C)(C)C)C4)cc3)n2)cc1. The van der Waals surface area contributed by atoms with Crippen LogP contribution < -0.4 is 21.7 Å². The highest BCUT2D eigenvalue weighted by molar-refractivity contribution is 5.94. The van der Waals surface area contributed by atoms with E-state index in [0.29, 0.717) is 30.0 Å². The number of carbonyl (C=O) groups is 3. The molecule has 218 valence electrons. The Kier molecular flexibility index (Phi) is 8.47. The summed E-state index contributed by atoms with van der Waals surface area (Å²) in [6.45, 7) is 6.45. The molecule has 0 aliphatic carbocycles. The molecule has 1 aliphatic rings. The Bertz CT molecular complexity index is 1400. The van der Waals surface area contributed by atoms with Gasteiger partial charge in [0.15, 0.2) is 0 Å². The summed E-state index contributed by atoms with van der Waals surface area (Å²) in [5.74, 6) is -0.187. The van der Waals surface area contributed by atoms with Crippen molar-refractivity contribution >= 4 is 41.3 Å². The minimum Gasteiger partial charge on any atom is -0.444 e. The van der Waals surface area contributed by atoms with E-state index in [2.05, 4.69) is 26.0 Å². The molecular formula is C28H36N8O5. The predicted octanol–water partition coefficient (Wildman–Crippen LogP) is 3.92. The zero-order valence-corrected chi connectivity index (χ0v) is 23.9. The molecule has 1 aromatic heterocycles. The highest BCUT2D eigenvalue weighted by Crippen LogP contribution is 2.36. The molecule has 0 saturated carbocycles. The Morgan fingerprint density at radius 2 is 1.68 bits per heavy atom. The number of nitrogens with one attached hydrogen (secondary N) is 3. The van der Waals surface area contributed by atoms with E-state index >= 15 is 0 Å². The number of ether oxygens (including phenoxy) is 2. The summed E-state index contributed by atoms with van der Waals surface area (Å²) in [6, 6.07) is 13.3. The molecule has 2 aromatic carbocycles. The molecule has 0 bridgehead atoms. The van der Waals surface area contributed by atoms with Crippen molar-refractivity contribution < 1.29 is 23.9 Å². The quantitative estimate of drug-likeness (QED) is 0.347. The number of piperidine rings is 1. The average Bonchev–Trinajstić information content (AvgIpc) is 3.32. The summed E-state index contributed by atoms with van der Waals surface area (Å²) < 4.78 is 12.5. The number of nitrogens with zero attached hydrogens (tertiary/aromatic N) is 4. The first-order valence-corrected chi connectivity index (χ1v) is 13.2. The molecule has 3 aromatic rings. The lowest BCUT2D eigenvalue weighted by molar-refractivity contribution is -0.0733. The van der Waals surface area contributed by atoms with Crippen LogP contribution in [0, 0.1) is 0 Å². The summed E-state index contributed by atoms with van der Waals surface area (Å²) in [5.41, 5.74) is 7.16. The number of amides is 3. The number of nitrogen functional groups attached to an aromatic ring is 1. The van der Waals surface area contributed by atoms with E-state index in [1.54, 1.807) is 55.5 Å². The van der Waals surface area contributed by atoms with Gasteiger partial charge in [0.2, 0.25) is 11.9 Å². The number of hydrogen-bond donors (Lipinski definition) is 4. The normalized spacial score (nSPS) is 17.0. The van der Waals surface area contributed by atoms with Crippen LogP contribution in [-0.2, 0) is 15.1 Å². The Hall–Kier alpha value is -4.65. The number of carbonyl (C=O) groups excluding carboxylic acids is 3. The first-order chi connectivity index (χ1) is 19.4. The van der Waals surface area contributed by atoms with Crippen LogP contribution in [0.5, 0.6) is 0 Å². The number of benzene rings is 2. The average molecular weight is 565 g/mol. The van der Waals surface area contributed by atoms with E-state index in [4.69, 9.17) is 15.2 Å². The number of anilines is 4. The number of rotatable bonds is 6. The van der Waals surface area contributed by atoms with Crippen molar-refractivity contribution in [1.29, 1.82) is 0 Å². The molecule has 1 fully saturated rings. The third kappa shape index (κ3) is 6.92. The number of likely N-dealkylation sites (tertiary alicyclic amines) is 1. The first kappa shape index (κ1) is 29.3. The highest BCUT2D eigenvalue weighted by atomic mass is 16.6. The van der Waals surface area contributed by atoms with Gasteiger partial charge in [0.05, 0.1) is 6.54 Å². The molecular weight excluding hydrogens is 528 g/mol. The molecule has 1 aliphatic heterocycles. The van der Waals surface area contributed by atoms with Gasteiger partial charge >= 0.3 is 12.1 Å². The second-order valence-electron chi connectivity index (χ2n) is 10.7.